The predicted octanol–water partition coefficient (Wildman–Crippen LogP) is 3.80. The third kappa shape index (κ3) is 4.86. The van der Waals surface area contributed by atoms with Crippen molar-refractivity contribution in [2.24, 2.45) is 4.99 Å². The van der Waals surface area contributed by atoms with Gasteiger partial charge in [-0.1, -0.05) is 42.5 Å². The first kappa shape index (κ1) is 20.1. The summed E-state index contributed by atoms with van der Waals surface area (Å²) in [6.07, 6.45) is 1.59. The number of thiazole rings is 1. The van der Waals surface area contributed by atoms with Crippen molar-refractivity contribution in [1.82, 2.24) is 15.6 Å². The molecule has 2 heterocycles. The molecule has 0 saturated carbocycles. The van der Waals surface area contributed by atoms with Gasteiger partial charge in [-0.05, 0) is 24.1 Å². The van der Waals surface area contributed by atoms with Crippen molar-refractivity contribution in [3.05, 3.63) is 70.5 Å². The number of nitrogens with zero attached hydrogens (tertiary/aromatic N) is 3. The maximum Gasteiger partial charge on any atom is 0.227 e. The molecule has 0 unspecified atom stereocenters. The van der Waals surface area contributed by atoms with Crippen molar-refractivity contribution in [3.8, 4) is 11.3 Å². The van der Waals surface area contributed by atoms with Crippen LogP contribution in [0.3, 0.4) is 0 Å². The molecule has 0 spiro atoms. The number of aromatic nitrogens is 1. The highest BCUT2D eigenvalue weighted by atomic mass is 32.1. The van der Waals surface area contributed by atoms with Gasteiger partial charge in [0.15, 0.2) is 5.96 Å². The normalized spacial score (nSPS) is 14.2. The van der Waals surface area contributed by atoms with Gasteiger partial charge in [0.05, 0.1) is 12.2 Å². The van der Waals surface area contributed by atoms with Crippen LogP contribution >= 0.6 is 11.3 Å². The average Bonchev–Trinajstić information content (AvgIpc) is 3.44. The summed E-state index contributed by atoms with van der Waals surface area (Å²) in [5.74, 6) is 0.938. The fourth-order valence-electron chi connectivity index (χ4n) is 3.41. The highest BCUT2D eigenvalue weighted by molar-refractivity contribution is 7.09. The number of hydrogen-bond donors (Lipinski definition) is 2. The predicted molar refractivity (Wildman–Crippen MR) is 123 cm³/mol. The first-order chi connectivity index (χ1) is 14.7. The minimum absolute atomic E-state index is 0.211. The van der Waals surface area contributed by atoms with E-state index in [1.54, 1.807) is 18.4 Å². The molecule has 1 saturated heterocycles. The van der Waals surface area contributed by atoms with Crippen molar-refractivity contribution in [1.29, 1.82) is 0 Å². The topological polar surface area (TPSA) is 69.6 Å². The highest BCUT2D eigenvalue weighted by Crippen LogP contribution is 2.22. The van der Waals surface area contributed by atoms with Gasteiger partial charge in [0.2, 0.25) is 5.91 Å². The monoisotopic (exact) mass is 419 g/mol. The standard InChI is InChI=1S/C23H25N5OS/c1-24-23(26-15-21-27-20(16-30-21)18-6-3-2-4-7-18)25-14-17-9-11-19(12-10-17)28-13-5-8-22(28)29/h2-4,6-7,9-12,16H,5,8,13-15H2,1H3,(H2,24,25,26). The Balaban J connectivity index is 1.28. The van der Waals surface area contributed by atoms with Crippen LogP contribution in [0.1, 0.15) is 23.4 Å². The summed E-state index contributed by atoms with van der Waals surface area (Å²) in [6.45, 7) is 2.09. The van der Waals surface area contributed by atoms with Crippen LogP contribution in [0.15, 0.2) is 65.0 Å². The molecule has 2 N–H and O–H groups in total. The Morgan fingerprint density at radius 3 is 2.57 bits per heavy atom. The lowest BCUT2D eigenvalue weighted by atomic mass is 10.2. The van der Waals surface area contributed by atoms with Gasteiger partial charge in [0.25, 0.3) is 0 Å². The fraction of sp³-hybridized carbons (Fsp3) is 0.261. The minimum Gasteiger partial charge on any atom is -0.352 e. The van der Waals surface area contributed by atoms with E-state index >= 15 is 0 Å². The van der Waals surface area contributed by atoms with Crippen LogP contribution in [-0.2, 0) is 17.9 Å². The van der Waals surface area contributed by atoms with E-state index < -0.39 is 0 Å². The van der Waals surface area contributed by atoms with Crippen LogP contribution in [-0.4, -0.2) is 30.4 Å². The van der Waals surface area contributed by atoms with Crippen molar-refractivity contribution < 1.29 is 4.79 Å². The maximum atomic E-state index is 11.9. The summed E-state index contributed by atoms with van der Waals surface area (Å²) < 4.78 is 0. The zero-order chi connectivity index (χ0) is 20.8. The first-order valence-corrected chi connectivity index (χ1v) is 10.9. The lowest BCUT2D eigenvalue weighted by Crippen LogP contribution is -2.36. The molecule has 0 aliphatic carbocycles. The van der Waals surface area contributed by atoms with Crippen molar-refractivity contribution in [2.75, 3.05) is 18.5 Å². The van der Waals surface area contributed by atoms with Gasteiger partial charge in [0, 0.05) is 43.2 Å². The van der Waals surface area contributed by atoms with Crippen LogP contribution in [0.2, 0.25) is 0 Å². The first-order valence-electron chi connectivity index (χ1n) is 10.1. The van der Waals surface area contributed by atoms with Crippen molar-refractivity contribution >= 4 is 28.9 Å². The Kier molecular flexibility index (Phi) is 6.39. The Hall–Kier alpha value is -3.19. The number of nitrogens with one attached hydrogen (secondary N) is 2. The number of guanidine groups is 1. The number of carbonyl (C=O) groups excluding carboxylic acids is 1. The summed E-state index contributed by atoms with van der Waals surface area (Å²) in [6, 6.07) is 18.3. The lowest BCUT2D eigenvalue weighted by Gasteiger charge is -2.16. The highest BCUT2D eigenvalue weighted by Gasteiger charge is 2.21. The number of aliphatic imine (C=N–C) groups is 1. The molecule has 3 aromatic rings. The Morgan fingerprint density at radius 2 is 1.87 bits per heavy atom. The van der Waals surface area contributed by atoms with E-state index in [4.69, 9.17) is 4.98 Å². The molecule has 30 heavy (non-hydrogen) atoms. The number of amides is 1. The van der Waals surface area contributed by atoms with Crippen LogP contribution < -0.4 is 15.5 Å². The molecule has 1 aromatic heterocycles. The van der Waals surface area contributed by atoms with Crippen LogP contribution in [0.5, 0.6) is 0 Å². The molecular weight excluding hydrogens is 394 g/mol. The molecule has 154 valence electrons. The molecule has 1 aliphatic heterocycles. The Bertz CT molecular complexity index is 1010. The summed E-state index contributed by atoms with van der Waals surface area (Å²) in [5, 5.41) is 9.73. The minimum atomic E-state index is 0.211. The largest absolute Gasteiger partial charge is 0.352 e. The van der Waals surface area contributed by atoms with E-state index in [9.17, 15) is 4.79 Å². The molecular formula is C23H25N5OS. The van der Waals surface area contributed by atoms with Crippen LogP contribution in [0.25, 0.3) is 11.3 Å². The van der Waals surface area contributed by atoms with Gasteiger partial charge in [-0.25, -0.2) is 4.98 Å². The Labute approximate surface area is 180 Å². The quantitative estimate of drug-likeness (QED) is 0.471. The van der Waals surface area contributed by atoms with Crippen LogP contribution in [0.4, 0.5) is 5.69 Å². The van der Waals surface area contributed by atoms with Crippen molar-refractivity contribution in [3.63, 3.8) is 0 Å². The molecule has 1 fully saturated rings. The second-order valence-corrected chi connectivity index (χ2v) is 8.03. The van der Waals surface area contributed by atoms with Crippen LogP contribution in [0, 0.1) is 0 Å². The van der Waals surface area contributed by atoms with Crippen molar-refractivity contribution in [2.45, 2.75) is 25.9 Å². The fourth-order valence-corrected chi connectivity index (χ4v) is 4.16. The number of hydrogen-bond acceptors (Lipinski definition) is 4. The summed E-state index contributed by atoms with van der Waals surface area (Å²) in [7, 11) is 1.76. The Morgan fingerprint density at radius 1 is 1.10 bits per heavy atom. The number of anilines is 1. The molecule has 1 amide bonds. The molecule has 0 bridgehead atoms. The van der Waals surface area contributed by atoms with Gasteiger partial charge < -0.3 is 15.5 Å². The summed E-state index contributed by atoms with van der Waals surface area (Å²) >= 11 is 1.64. The third-order valence-electron chi connectivity index (χ3n) is 5.03. The van der Waals surface area contributed by atoms with Gasteiger partial charge in [0.1, 0.15) is 5.01 Å². The number of benzene rings is 2. The second kappa shape index (κ2) is 9.54. The summed E-state index contributed by atoms with van der Waals surface area (Å²) in [4.78, 5) is 22.7. The number of carbonyl (C=O) groups is 1. The molecule has 0 radical (unpaired) electrons. The van der Waals surface area contributed by atoms with E-state index in [1.807, 2.05) is 47.4 Å². The molecule has 7 heteroatoms. The van der Waals surface area contributed by atoms with Gasteiger partial charge in [-0.15, -0.1) is 11.3 Å². The molecule has 1 aliphatic rings. The van der Waals surface area contributed by atoms with Gasteiger partial charge in [-0.2, -0.15) is 0 Å². The SMILES string of the molecule is CN=C(NCc1ccc(N2CCCC2=O)cc1)NCc1nc(-c2ccccc2)cs1. The van der Waals surface area contributed by atoms with Gasteiger partial charge in [-0.3, -0.25) is 9.79 Å². The smallest absolute Gasteiger partial charge is 0.227 e. The molecule has 0 atom stereocenters. The second-order valence-electron chi connectivity index (χ2n) is 7.09. The third-order valence-corrected chi connectivity index (χ3v) is 5.88. The van der Waals surface area contributed by atoms with E-state index in [0.29, 0.717) is 19.5 Å². The summed E-state index contributed by atoms with van der Waals surface area (Å²) in [5.41, 5.74) is 4.23. The zero-order valence-electron chi connectivity index (χ0n) is 17.0. The zero-order valence-corrected chi connectivity index (χ0v) is 17.8. The number of rotatable bonds is 6. The van der Waals surface area contributed by atoms with E-state index in [1.165, 1.54) is 0 Å². The molecule has 6 nitrogen and oxygen atoms in total. The van der Waals surface area contributed by atoms with E-state index in [-0.39, 0.29) is 5.91 Å². The van der Waals surface area contributed by atoms with E-state index in [0.717, 1.165) is 46.4 Å². The van der Waals surface area contributed by atoms with Gasteiger partial charge >= 0.3 is 0 Å². The lowest BCUT2D eigenvalue weighted by molar-refractivity contribution is -0.117. The molecule has 4 rings (SSSR count). The average molecular weight is 420 g/mol. The maximum absolute atomic E-state index is 11.9. The van der Waals surface area contributed by atoms with E-state index in [2.05, 4.69) is 33.1 Å². The molecule has 2 aromatic carbocycles.